The summed E-state index contributed by atoms with van der Waals surface area (Å²) in [6.45, 7) is 7.22. The van der Waals surface area contributed by atoms with Gasteiger partial charge >= 0.3 is 5.97 Å². The van der Waals surface area contributed by atoms with E-state index in [-0.39, 0.29) is 11.9 Å². The minimum Gasteiger partial charge on any atom is -0.461 e. The molecule has 0 bridgehead atoms. The number of esters is 1. The van der Waals surface area contributed by atoms with E-state index in [0.29, 0.717) is 12.6 Å². The summed E-state index contributed by atoms with van der Waals surface area (Å²) in [6, 6.07) is 10.2. The van der Waals surface area contributed by atoms with Crippen molar-refractivity contribution in [3.8, 4) is 0 Å². The molecule has 0 N–H and O–H groups in total. The Morgan fingerprint density at radius 2 is 1.83 bits per heavy atom. The number of carbonyl (C=O) groups is 1. The van der Waals surface area contributed by atoms with Crippen molar-refractivity contribution < 1.29 is 9.53 Å². The topological polar surface area (TPSA) is 29.5 Å². The smallest absolute Gasteiger partial charge is 0.310 e. The van der Waals surface area contributed by atoms with Crippen molar-refractivity contribution in [2.24, 2.45) is 5.92 Å². The van der Waals surface area contributed by atoms with Gasteiger partial charge < -0.3 is 9.64 Å². The molecular formula is C15H23NO2. The van der Waals surface area contributed by atoms with Crippen molar-refractivity contribution in [3.05, 3.63) is 35.9 Å². The number of hydrogen-bond acceptors (Lipinski definition) is 3. The molecule has 0 amide bonds. The molecule has 100 valence electrons. The van der Waals surface area contributed by atoms with Crippen LogP contribution in [0.4, 0.5) is 0 Å². The van der Waals surface area contributed by atoms with E-state index < -0.39 is 0 Å². The lowest BCUT2D eigenvalue weighted by Crippen LogP contribution is -2.34. The summed E-state index contributed by atoms with van der Waals surface area (Å²) in [5.74, 6) is -0.229. The standard InChI is InChI=1S/C15H23NO2/c1-12(2)16(4)10-13(3)15(17)18-11-14-8-6-5-7-9-14/h5-9,12-13H,10-11H2,1-4H3. The average molecular weight is 249 g/mol. The maximum atomic E-state index is 11.8. The molecule has 18 heavy (non-hydrogen) atoms. The molecule has 1 rings (SSSR count). The molecular weight excluding hydrogens is 226 g/mol. The molecule has 0 radical (unpaired) electrons. The predicted molar refractivity (Wildman–Crippen MR) is 73.2 cm³/mol. The van der Waals surface area contributed by atoms with Crippen molar-refractivity contribution in [2.45, 2.75) is 33.4 Å². The van der Waals surface area contributed by atoms with Gasteiger partial charge in [-0.05, 0) is 26.5 Å². The fourth-order valence-electron chi connectivity index (χ4n) is 1.59. The highest BCUT2D eigenvalue weighted by molar-refractivity contribution is 5.72. The zero-order valence-corrected chi connectivity index (χ0v) is 11.7. The van der Waals surface area contributed by atoms with E-state index in [9.17, 15) is 4.79 Å². The average Bonchev–Trinajstić information content (AvgIpc) is 2.36. The van der Waals surface area contributed by atoms with Crippen LogP contribution in [0.15, 0.2) is 30.3 Å². The van der Waals surface area contributed by atoms with Crippen molar-refractivity contribution in [2.75, 3.05) is 13.6 Å². The first kappa shape index (κ1) is 14.7. The summed E-state index contributed by atoms with van der Waals surface area (Å²) in [6.07, 6.45) is 0. The first-order valence-electron chi connectivity index (χ1n) is 6.41. The monoisotopic (exact) mass is 249 g/mol. The minimum atomic E-state index is -0.133. The highest BCUT2D eigenvalue weighted by atomic mass is 16.5. The quantitative estimate of drug-likeness (QED) is 0.726. The van der Waals surface area contributed by atoms with Gasteiger partial charge in [0.05, 0.1) is 5.92 Å². The highest BCUT2D eigenvalue weighted by Crippen LogP contribution is 2.07. The lowest BCUT2D eigenvalue weighted by molar-refractivity contribution is -0.149. The second kappa shape index (κ2) is 7.17. The summed E-state index contributed by atoms with van der Waals surface area (Å²) in [5.41, 5.74) is 1.02. The van der Waals surface area contributed by atoms with Gasteiger partial charge in [-0.3, -0.25) is 4.79 Å². The molecule has 0 spiro atoms. The van der Waals surface area contributed by atoms with Crippen molar-refractivity contribution in [3.63, 3.8) is 0 Å². The normalized spacial score (nSPS) is 12.8. The van der Waals surface area contributed by atoms with E-state index in [4.69, 9.17) is 4.74 Å². The Kier molecular flexibility index (Phi) is 5.86. The van der Waals surface area contributed by atoms with Crippen molar-refractivity contribution in [1.82, 2.24) is 4.90 Å². The van der Waals surface area contributed by atoms with Crippen molar-refractivity contribution >= 4 is 5.97 Å². The zero-order valence-electron chi connectivity index (χ0n) is 11.7. The van der Waals surface area contributed by atoms with Gasteiger partial charge in [-0.2, -0.15) is 0 Å². The number of nitrogens with zero attached hydrogens (tertiary/aromatic N) is 1. The molecule has 1 aromatic rings. The Morgan fingerprint density at radius 1 is 1.22 bits per heavy atom. The Morgan fingerprint density at radius 3 is 2.39 bits per heavy atom. The maximum absolute atomic E-state index is 11.8. The van der Waals surface area contributed by atoms with Gasteiger partial charge in [-0.1, -0.05) is 37.3 Å². The fourth-order valence-corrected chi connectivity index (χ4v) is 1.59. The Balaban J connectivity index is 2.36. The first-order chi connectivity index (χ1) is 8.50. The lowest BCUT2D eigenvalue weighted by Gasteiger charge is -2.23. The van der Waals surface area contributed by atoms with Gasteiger partial charge in [0.2, 0.25) is 0 Å². The van der Waals surface area contributed by atoms with Crippen LogP contribution in [0, 0.1) is 5.92 Å². The van der Waals surface area contributed by atoms with Crippen LogP contribution in [0.5, 0.6) is 0 Å². The van der Waals surface area contributed by atoms with Gasteiger partial charge in [0.25, 0.3) is 0 Å². The minimum absolute atomic E-state index is 0.0962. The zero-order chi connectivity index (χ0) is 13.5. The first-order valence-corrected chi connectivity index (χ1v) is 6.41. The molecule has 1 aromatic carbocycles. The van der Waals surface area contributed by atoms with Crippen LogP contribution in [0.1, 0.15) is 26.3 Å². The van der Waals surface area contributed by atoms with E-state index in [1.807, 2.05) is 44.3 Å². The fraction of sp³-hybridized carbons (Fsp3) is 0.533. The van der Waals surface area contributed by atoms with E-state index >= 15 is 0 Å². The van der Waals surface area contributed by atoms with Crippen LogP contribution in [0.3, 0.4) is 0 Å². The summed E-state index contributed by atoms with van der Waals surface area (Å²) < 4.78 is 5.30. The van der Waals surface area contributed by atoms with E-state index in [1.165, 1.54) is 0 Å². The molecule has 0 aliphatic carbocycles. The number of carbonyl (C=O) groups excluding carboxylic acids is 1. The molecule has 0 aromatic heterocycles. The van der Waals surface area contributed by atoms with Gasteiger partial charge in [0, 0.05) is 12.6 Å². The van der Waals surface area contributed by atoms with Gasteiger partial charge in [0.15, 0.2) is 0 Å². The van der Waals surface area contributed by atoms with Gasteiger partial charge in [-0.25, -0.2) is 0 Å². The van der Waals surface area contributed by atoms with Crippen LogP contribution < -0.4 is 0 Å². The van der Waals surface area contributed by atoms with Crippen LogP contribution in [0.2, 0.25) is 0 Å². The highest BCUT2D eigenvalue weighted by Gasteiger charge is 2.17. The molecule has 0 aliphatic rings. The summed E-state index contributed by atoms with van der Waals surface area (Å²) in [7, 11) is 2.02. The summed E-state index contributed by atoms with van der Waals surface area (Å²) in [5, 5.41) is 0. The third kappa shape index (κ3) is 4.88. The largest absolute Gasteiger partial charge is 0.461 e. The second-order valence-corrected chi connectivity index (χ2v) is 5.03. The van der Waals surface area contributed by atoms with Gasteiger partial charge in [0.1, 0.15) is 6.61 Å². The summed E-state index contributed by atoms with van der Waals surface area (Å²) >= 11 is 0. The number of benzene rings is 1. The summed E-state index contributed by atoms with van der Waals surface area (Å²) in [4.78, 5) is 14.0. The third-order valence-corrected chi connectivity index (χ3v) is 3.07. The van der Waals surface area contributed by atoms with E-state index in [1.54, 1.807) is 0 Å². The number of ether oxygens (including phenoxy) is 1. The molecule has 0 heterocycles. The molecule has 0 aliphatic heterocycles. The molecule has 0 saturated heterocycles. The van der Waals surface area contributed by atoms with Crippen LogP contribution in [-0.4, -0.2) is 30.5 Å². The van der Waals surface area contributed by atoms with Crippen molar-refractivity contribution in [1.29, 1.82) is 0 Å². The molecule has 0 fully saturated rings. The predicted octanol–water partition coefficient (Wildman–Crippen LogP) is 2.71. The van der Waals surface area contributed by atoms with Gasteiger partial charge in [-0.15, -0.1) is 0 Å². The SMILES string of the molecule is CC(CN(C)C(C)C)C(=O)OCc1ccccc1. The van der Waals surface area contributed by atoms with Crippen LogP contribution >= 0.6 is 0 Å². The Labute approximate surface area is 110 Å². The molecule has 3 heteroatoms. The van der Waals surface area contributed by atoms with Crippen LogP contribution in [0.25, 0.3) is 0 Å². The van der Waals surface area contributed by atoms with E-state index in [2.05, 4.69) is 18.7 Å². The molecule has 0 saturated carbocycles. The number of hydrogen-bond donors (Lipinski definition) is 0. The Bertz CT molecular complexity index is 362. The second-order valence-electron chi connectivity index (χ2n) is 5.03. The van der Waals surface area contributed by atoms with E-state index in [0.717, 1.165) is 12.1 Å². The molecule has 1 unspecified atom stereocenters. The molecule has 3 nitrogen and oxygen atoms in total. The third-order valence-electron chi connectivity index (χ3n) is 3.07. The lowest BCUT2D eigenvalue weighted by atomic mass is 10.1. The Hall–Kier alpha value is -1.35. The molecule has 1 atom stereocenters. The number of rotatable bonds is 6. The maximum Gasteiger partial charge on any atom is 0.310 e. The van der Waals surface area contributed by atoms with Crippen LogP contribution in [-0.2, 0) is 16.1 Å².